The molecule has 2 N–H and O–H groups in total. The monoisotopic (exact) mass is 204 g/mol. The first-order chi connectivity index (χ1) is 7.24. The summed E-state index contributed by atoms with van der Waals surface area (Å²) >= 11 is 0. The molecular formula is C11H9FN2O. The summed E-state index contributed by atoms with van der Waals surface area (Å²) in [4.78, 5) is 0. The van der Waals surface area contributed by atoms with Crippen molar-refractivity contribution >= 4 is 18.0 Å². The van der Waals surface area contributed by atoms with Crippen molar-refractivity contribution in [1.82, 2.24) is 5.16 Å². The van der Waals surface area contributed by atoms with Crippen molar-refractivity contribution in [2.75, 3.05) is 5.73 Å². The van der Waals surface area contributed by atoms with Crippen LogP contribution in [0.2, 0.25) is 0 Å². The van der Waals surface area contributed by atoms with Gasteiger partial charge < -0.3 is 10.3 Å². The van der Waals surface area contributed by atoms with Crippen molar-refractivity contribution in [2.24, 2.45) is 0 Å². The second kappa shape index (κ2) is 3.96. The van der Waals surface area contributed by atoms with Gasteiger partial charge in [-0.1, -0.05) is 23.4 Å². The number of aromatic nitrogens is 1. The predicted octanol–water partition coefficient (Wildman–Crippen LogP) is 2.57. The van der Waals surface area contributed by atoms with Crippen LogP contribution >= 0.6 is 0 Å². The van der Waals surface area contributed by atoms with Gasteiger partial charge >= 0.3 is 0 Å². The maximum Gasteiger partial charge on any atom is 0.167 e. The molecule has 1 aromatic heterocycles. The second-order valence-electron chi connectivity index (χ2n) is 3.04. The minimum absolute atomic E-state index is 0.254. The van der Waals surface area contributed by atoms with E-state index in [2.05, 4.69) is 5.16 Å². The summed E-state index contributed by atoms with van der Waals surface area (Å²) in [6.45, 7) is 0. The third-order valence-corrected chi connectivity index (χ3v) is 1.86. The lowest BCUT2D eigenvalue weighted by Crippen LogP contribution is -1.79. The minimum Gasteiger partial charge on any atom is -0.381 e. The average molecular weight is 204 g/mol. The molecule has 0 fully saturated rings. The highest BCUT2D eigenvalue weighted by Gasteiger charge is 1.95. The lowest BCUT2D eigenvalue weighted by molar-refractivity contribution is 0.416. The SMILES string of the molecule is Nc1cc(/C=C/c2ccc(F)cc2)on1. The van der Waals surface area contributed by atoms with E-state index in [0.29, 0.717) is 11.6 Å². The molecular weight excluding hydrogens is 195 g/mol. The van der Waals surface area contributed by atoms with Crippen LogP contribution in [0.3, 0.4) is 0 Å². The van der Waals surface area contributed by atoms with Gasteiger partial charge in [-0.2, -0.15) is 0 Å². The predicted molar refractivity (Wildman–Crippen MR) is 56.2 cm³/mol. The molecule has 0 radical (unpaired) electrons. The van der Waals surface area contributed by atoms with Gasteiger partial charge in [0.25, 0.3) is 0 Å². The van der Waals surface area contributed by atoms with Gasteiger partial charge in [0.15, 0.2) is 11.6 Å². The summed E-state index contributed by atoms with van der Waals surface area (Å²) in [7, 11) is 0. The maximum absolute atomic E-state index is 12.6. The Bertz CT molecular complexity index is 474. The largest absolute Gasteiger partial charge is 0.381 e. The summed E-state index contributed by atoms with van der Waals surface area (Å²) in [6, 6.07) is 7.75. The Balaban J connectivity index is 2.14. The van der Waals surface area contributed by atoms with E-state index in [0.717, 1.165) is 5.56 Å². The van der Waals surface area contributed by atoms with E-state index in [-0.39, 0.29) is 5.82 Å². The fourth-order valence-corrected chi connectivity index (χ4v) is 1.13. The topological polar surface area (TPSA) is 52.0 Å². The van der Waals surface area contributed by atoms with E-state index >= 15 is 0 Å². The number of nitrogen functional groups attached to an aromatic ring is 1. The van der Waals surface area contributed by atoms with Crippen LogP contribution in [0.1, 0.15) is 11.3 Å². The lowest BCUT2D eigenvalue weighted by atomic mass is 10.2. The third kappa shape index (κ3) is 2.43. The molecule has 1 heterocycles. The molecule has 0 unspecified atom stereocenters. The summed E-state index contributed by atoms with van der Waals surface area (Å²) in [5.41, 5.74) is 6.26. The van der Waals surface area contributed by atoms with Crippen molar-refractivity contribution in [2.45, 2.75) is 0 Å². The Morgan fingerprint density at radius 3 is 2.53 bits per heavy atom. The van der Waals surface area contributed by atoms with E-state index in [9.17, 15) is 4.39 Å². The summed E-state index contributed by atoms with van der Waals surface area (Å²) in [5, 5.41) is 3.53. The second-order valence-corrected chi connectivity index (χ2v) is 3.04. The van der Waals surface area contributed by atoms with E-state index < -0.39 is 0 Å². The van der Waals surface area contributed by atoms with Crippen LogP contribution in [-0.4, -0.2) is 5.16 Å². The van der Waals surface area contributed by atoms with Gasteiger partial charge in [-0.15, -0.1) is 0 Å². The third-order valence-electron chi connectivity index (χ3n) is 1.86. The van der Waals surface area contributed by atoms with Crippen LogP contribution in [0.5, 0.6) is 0 Å². The number of anilines is 1. The standard InChI is InChI=1S/C11H9FN2O/c12-9-4-1-8(2-5-9)3-6-10-7-11(13)14-15-10/h1-7H,(H2,13,14)/b6-3+. The van der Waals surface area contributed by atoms with Crippen molar-refractivity contribution < 1.29 is 8.91 Å². The first-order valence-corrected chi connectivity index (χ1v) is 4.40. The lowest BCUT2D eigenvalue weighted by Gasteiger charge is -1.91. The first-order valence-electron chi connectivity index (χ1n) is 4.40. The van der Waals surface area contributed by atoms with Gasteiger partial charge in [-0.05, 0) is 23.8 Å². The maximum atomic E-state index is 12.6. The zero-order chi connectivity index (χ0) is 10.7. The van der Waals surface area contributed by atoms with Crippen LogP contribution in [0.25, 0.3) is 12.2 Å². The molecule has 4 heteroatoms. The molecule has 76 valence electrons. The summed E-state index contributed by atoms with van der Waals surface area (Å²) in [6.07, 6.45) is 3.51. The Morgan fingerprint density at radius 2 is 1.93 bits per heavy atom. The molecule has 0 atom stereocenters. The fraction of sp³-hybridized carbons (Fsp3) is 0. The van der Waals surface area contributed by atoms with Crippen molar-refractivity contribution in [3.8, 4) is 0 Å². The number of hydrogen-bond acceptors (Lipinski definition) is 3. The van der Waals surface area contributed by atoms with Gasteiger partial charge in [0.2, 0.25) is 0 Å². The molecule has 2 aromatic rings. The molecule has 0 aliphatic heterocycles. The molecule has 0 saturated carbocycles. The fourth-order valence-electron chi connectivity index (χ4n) is 1.13. The molecule has 0 aliphatic rings. The number of benzene rings is 1. The van der Waals surface area contributed by atoms with Crippen LogP contribution in [0.15, 0.2) is 34.9 Å². The van der Waals surface area contributed by atoms with Gasteiger partial charge in [-0.3, -0.25) is 0 Å². The van der Waals surface area contributed by atoms with Crippen molar-refractivity contribution in [3.63, 3.8) is 0 Å². The minimum atomic E-state index is -0.254. The highest BCUT2D eigenvalue weighted by atomic mass is 19.1. The van der Waals surface area contributed by atoms with E-state index in [1.54, 1.807) is 30.4 Å². The van der Waals surface area contributed by atoms with E-state index in [1.807, 2.05) is 0 Å². The van der Waals surface area contributed by atoms with Crippen LogP contribution in [-0.2, 0) is 0 Å². The molecule has 0 amide bonds. The molecule has 15 heavy (non-hydrogen) atoms. The highest BCUT2D eigenvalue weighted by molar-refractivity contribution is 5.67. The zero-order valence-corrected chi connectivity index (χ0v) is 7.85. The average Bonchev–Trinajstić information content (AvgIpc) is 2.64. The van der Waals surface area contributed by atoms with Crippen LogP contribution < -0.4 is 5.73 Å². The van der Waals surface area contributed by atoms with Gasteiger partial charge in [0.1, 0.15) is 5.82 Å². The van der Waals surface area contributed by atoms with E-state index in [4.69, 9.17) is 10.3 Å². The van der Waals surface area contributed by atoms with Gasteiger partial charge in [0, 0.05) is 6.07 Å². The molecule has 0 spiro atoms. The van der Waals surface area contributed by atoms with Crippen LogP contribution in [0.4, 0.5) is 10.2 Å². The Hall–Kier alpha value is -2.10. The molecule has 0 bridgehead atoms. The Labute approximate surface area is 86.0 Å². The first kappa shape index (κ1) is 9.45. The number of hydrogen-bond donors (Lipinski definition) is 1. The quantitative estimate of drug-likeness (QED) is 0.817. The summed E-state index contributed by atoms with van der Waals surface area (Å²) < 4.78 is 17.5. The smallest absolute Gasteiger partial charge is 0.167 e. The molecule has 3 nitrogen and oxygen atoms in total. The van der Waals surface area contributed by atoms with E-state index in [1.165, 1.54) is 12.1 Å². The Kier molecular flexibility index (Phi) is 2.49. The molecule has 0 aliphatic carbocycles. The van der Waals surface area contributed by atoms with Crippen molar-refractivity contribution in [3.05, 3.63) is 47.5 Å². The number of nitrogens with two attached hydrogens (primary N) is 1. The zero-order valence-electron chi connectivity index (χ0n) is 7.85. The number of rotatable bonds is 2. The summed E-state index contributed by atoms with van der Waals surface area (Å²) in [5.74, 6) is 0.654. The molecule has 1 aromatic carbocycles. The van der Waals surface area contributed by atoms with Crippen LogP contribution in [0, 0.1) is 5.82 Å². The Morgan fingerprint density at radius 1 is 1.20 bits per heavy atom. The molecule has 2 rings (SSSR count). The van der Waals surface area contributed by atoms with Crippen molar-refractivity contribution in [1.29, 1.82) is 0 Å². The highest BCUT2D eigenvalue weighted by Crippen LogP contribution is 2.10. The van der Waals surface area contributed by atoms with Gasteiger partial charge in [-0.25, -0.2) is 4.39 Å². The van der Waals surface area contributed by atoms with Gasteiger partial charge in [0.05, 0.1) is 0 Å². The number of halogens is 1. The number of nitrogens with zero attached hydrogens (tertiary/aromatic N) is 1. The normalized spacial score (nSPS) is 11.0. The molecule has 0 saturated heterocycles.